The van der Waals surface area contributed by atoms with E-state index in [9.17, 15) is 13.0 Å². The molecule has 0 aliphatic rings. The maximum absolute atomic E-state index is 12.1. The Kier molecular flexibility index (Phi) is 6.47. The molecule has 0 amide bonds. The van der Waals surface area contributed by atoms with Crippen LogP contribution in [0.3, 0.4) is 0 Å². The van der Waals surface area contributed by atoms with Gasteiger partial charge in [-0.15, -0.1) is 0 Å². The Morgan fingerprint density at radius 3 is 2.33 bits per heavy atom. The minimum atomic E-state index is -4.08. The van der Waals surface area contributed by atoms with E-state index in [1.54, 1.807) is 13.8 Å². The third kappa shape index (κ3) is 5.20. The van der Waals surface area contributed by atoms with Crippen LogP contribution in [0, 0.1) is 0 Å². The van der Waals surface area contributed by atoms with Crippen molar-refractivity contribution in [2.45, 2.75) is 18.9 Å². The number of ether oxygens (including phenoxy) is 1. The fourth-order valence-electron chi connectivity index (χ4n) is 1.28. The van der Waals surface area contributed by atoms with Crippen LogP contribution in [-0.2, 0) is 23.6 Å². The van der Waals surface area contributed by atoms with E-state index >= 15 is 0 Å². The average Bonchev–Trinajstić information content (AvgIpc) is 2.46. The van der Waals surface area contributed by atoms with Gasteiger partial charge >= 0.3 is 7.60 Å². The van der Waals surface area contributed by atoms with Gasteiger partial charge in [-0.05, 0) is 26.0 Å². The highest BCUT2D eigenvalue weighted by atomic mass is 32.2. The van der Waals surface area contributed by atoms with E-state index in [2.05, 4.69) is 9.38 Å². The summed E-state index contributed by atoms with van der Waals surface area (Å²) in [5.41, 5.74) is 0. The van der Waals surface area contributed by atoms with Crippen LogP contribution in [0.1, 0.15) is 13.8 Å². The first-order valence-corrected chi connectivity index (χ1v) is 9.12. The molecule has 1 aromatic rings. The molecule has 0 spiro atoms. The van der Waals surface area contributed by atoms with Gasteiger partial charge in [0.05, 0.1) is 26.5 Å². The molecule has 21 heavy (non-hydrogen) atoms. The lowest BCUT2D eigenvalue weighted by atomic mass is 10.5. The lowest BCUT2D eigenvalue weighted by Gasteiger charge is -2.11. The fraction of sp³-hybridized carbons (Fsp3) is 0.455. The molecule has 1 aromatic heterocycles. The number of sulfonamides is 1. The first kappa shape index (κ1) is 17.8. The van der Waals surface area contributed by atoms with Crippen molar-refractivity contribution in [1.29, 1.82) is 0 Å². The third-order valence-electron chi connectivity index (χ3n) is 2.15. The molecule has 0 radical (unpaired) electrons. The first-order chi connectivity index (χ1) is 9.87. The molecule has 0 aliphatic carbocycles. The van der Waals surface area contributed by atoms with E-state index in [-0.39, 0.29) is 18.2 Å². The summed E-state index contributed by atoms with van der Waals surface area (Å²) in [6, 6.07) is 2.66. The van der Waals surface area contributed by atoms with Crippen LogP contribution in [0.15, 0.2) is 27.8 Å². The van der Waals surface area contributed by atoms with Crippen molar-refractivity contribution < 1.29 is 26.8 Å². The normalized spacial score (nSPS) is 12.7. The molecule has 0 unspecified atom stereocenters. The Hall–Kier alpha value is -1.28. The summed E-state index contributed by atoms with van der Waals surface area (Å²) in [5.74, 6) is 1.09. The van der Waals surface area contributed by atoms with Gasteiger partial charge in [0.25, 0.3) is 10.0 Å². The predicted octanol–water partition coefficient (Wildman–Crippen LogP) is 2.07. The van der Waals surface area contributed by atoms with Crippen molar-refractivity contribution in [1.82, 2.24) is 4.98 Å². The molecule has 0 bridgehead atoms. The summed E-state index contributed by atoms with van der Waals surface area (Å²) in [4.78, 5) is 3.72. The second-order valence-corrected chi connectivity index (χ2v) is 7.01. The molecule has 0 aliphatic heterocycles. The smallest absolute Gasteiger partial charge is 0.373 e. The summed E-state index contributed by atoms with van der Waals surface area (Å²) >= 11 is 0. The second-order valence-electron chi connectivity index (χ2n) is 3.61. The van der Waals surface area contributed by atoms with E-state index < -0.39 is 17.6 Å². The number of rotatable bonds is 8. The Bertz CT molecular complexity index is 619. The minimum Gasteiger partial charge on any atom is -0.495 e. The fourth-order valence-corrected chi connectivity index (χ4v) is 3.70. The van der Waals surface area contributed by atoms with Crippen molar-refractivity contribution >= 4 is 23.6 Å². The van der Waals surface area contributed by atoms with Crippen LogP contribution in [0.4, 0.5) is 0 Å². The van der Waals surface area contributed by atoms with Crippen LogP contribution in [0.25, 0.3) is 0 Å². The number of pyridine rings is 1. The van der Waals surface area contributed by atoms with Gasteiger partial charge in [0.2, 0.25) is 0 Å². The molecule has 0 atom stereocenters. The van der Waals surface area contributed by atoms with Crippen molar-refractivity contribution in [2.75, 3.05) is 20.3 Å². The van der Waals surface area contributed by atoms with Crippen molar-refractivity contribution in [3.8, 4) is 5.75 Å². The SMILES string of the molecule is CCOP(=O)(C=NS(=O)(=O)c1ccc(OC)cn1)OCC. The summed E-state index contributed by atoms with van der Waals surface area (Å²) in [5, 5.41) is -0.293. The highest BCUT2D eigenvalue weighted by Crippen LogP contribution is 2.45. The van der Waals surface area contributed by atoms with Crippen LogP contribution in [-0.4, -0.2) is 39.7 Å². The largest absolute Gasteiger partial charge is 0.495 e. The average molecular weight is 336 g/mol. The first-order valence-electron chi connectivity index (χ1n) is 6.07. The van der Waals surface area contributed by atoms with E-state index in [0.29, 0.717) is 11.7 Å². The molecule has 118 valence electrons. The van der Waals surface area contributed by atoms with Gasteiger partial charge in [-0.2, -0.15) is 12.8 Å². The number of nitrogens with zero attached hydrogens (tertiary/aromatic N) is 2. The summed E-state index contributed by atoms with van der Waals surface area (Å²) in [6.07, 6.45) is 1.24. The molecule has 1 heterocycles. The van der Waals surface area contributed by atoms with E-state index in [1.165, 1.54) is 25.4 Å². The van der Waals surface area contributed by atoms with Gasteiger partial charge in [0, 0.05) is 0 Å². The lowest BCUT2D eigenvalue weighted by Crippen LogP contribution is -2.03. The van der Waals surface area contributed by atoms with Crippen LogP contribution >= 0.6 is 7.60 Å². The van der Waals surface area contributed by atoms with Crippen molar-refractivity contribution in [3.05, 3.63) is 18.3 Å². The van der Waals surface area contributed by atoms with Gasteiger partial charge in [-0.3, -0.25) is 4.57 Å². The molecular formula is C11H17N2O6PS. The number of aromatic nitrogens is 1. The van der Waals surface area contributed by atoms with Crippen LogP contribution in [0.5, 0.6) is 5.75 Å². The van der Waals surface area contributed by atoms with E-state index in [0.717, 1.165) is 0 Å². The topological polar surface area (TPSA) is 104 Å². The maximum Gasteiger partial charge on any atom is 0.373 e. The monoisotopic (exact) mass is 336 g/mol. The summed E-state index contributed by atoms with van der Waals surface area (Å²) < 4.78 is 54.0. The molecular weight excluding hydrogens is 319 g/mol. The zero-order valence-corrected chi connectivity index (χ0v) is 13.6. The van der Waals surface area contributed by atoms with Crippen LogP contribution < -0.4 is 4.74 Å². The molecule has 0 N–H and O–H groups in total. The Morgan fingerprint density at radius 1 is 1.29 bits per heavy atom. The zero-order chi connectivity index (χ0) is 15.9. The molecule has 0 aromatic carbocycles. The Labute approximate surface area is 123 Å². The van der Waals surface area contributed by atoms with Crippen molar-refractivity contribution in [3.63, 3.8) is 0 Å². The molecule has 1 rings (SSSR count). The zero-order valence-electron chi connectivity index (χ0n) is 11.9. The van der Waals surface area contributed by atoms with Gasteiger partial charge in [0.15, 0.2) is 5.03 Å². The van der Waals surface area contributed by atoms with Gasteiger partial charge in [-0.25, -0.2) is 4.98 Å². The second kappa shape index (κ2) is 7.65. The third-order valence-corrected chi connectivity index (χ3v) is 5.10. The molecule has 10 heteroatoms. The summed E-state index contributed by atoms with van der Waals surface area (Å²) in [7, 11) is -6.33. The van der Waals surface area contributed by atoms with Gasteiger partial charge in [0.1, 0.15) is 11.7 Å². The summed E-state index contributed by atoms with van der Waals surface area (Å²) in [6.45, 7) is 3.42. The molecule has 0 saturated carbocycles. The molecule has 0 fully saturated rings. The minimum absolute atomic E-state index is 0.101. The van der Waals surface area contributed by atoms with Crippen molar-refractivity contribution in [2.24, 2.45) is 4.40 Å². The predicted molar refractivity (Wildman–Crippen MR) is 77.3 cm³/mol. The highest BCUT2D eigenvalue weighted by Gasteiger charge is 2.23. The van der Waals surface area contributed by atoms with Crippen LogP contribution in [0.2, 0.25) is 0 Å². The standard InChI is InChI=1S/C11H17N2O6PS/c1-4-18-20(14,19-5-2)9-13-21(15,16)11-7-6-10(17-3)8-12-11/h6-9H,4-5H2,1-3H3. The van der Waals surface area contributed by atoms with Gasteiger partial charge in [-0.1, -0.05) is 0 Å². The Morgan fingerprint density at radius 2 is 1.90 bits per heavy atom. The quantitative estimate of drug-likeness (QED) is 0.528. The van der Waals surface area contributed by atoms with E-state index in [1.807, 2.05) is 0 Å². The molecule has 0 saturated heterocycles. The number of methoxy groups -OCH3 is 1. The molecule has 8 nitrogen and oxygen atoms in total. The Balaban J connectivity index is 3.01. The van der Waals surface area contributed by atoms with Gasteiger partial charge < -0.3 is 13.8 Å². The number of hydrogen-bond donors (Lipinski definition) is 0. The van der Waals surface area contributed by atoms with E-state index in [4.69, 9.17) is 13.8 Å². The highest BCUT2D eigenvalue weighted by molar-refractivity contribution is 7.91. The number of hydrogen-bond acceptors (Lipinski definition) is 7. The maximum atomic E-state index is 12.1. The lowest BCUT2D eigenvalue weighted by molar-refractivity contribution is 0.233.